The van der Waals surface area contributed by atoms with Crippen molar-refractivity contribution in [2.45, 2.75) is 18.9 Å². The van der Waals surface area contributed by atoms with Crippen LogP contribution in [0.1, 0.15) is 12.8 Å². The van der Waals surface area contributed by atoms with Gasteiger partial charge in [0.2, 0.25) is 0 Å². The second-order valence-electron chi connectivity index (χ2n) is 5.64. The molecule has 0 aromatic heterocycles. The van der Waals surface area contributed by atoms with E-state index in [2.05, 4.69) is 17.0 Å². The number of piperidine rings is 1. The second-order valence-corrected chi connectivity index (χ2v) is 5.64. The van der Waals surface area contributed by atoms with Crippen LogP contribution in [0.4, 0.5) is 5.69 Å². The highest BCUT2D eigenvalue weighted by atomic mass is 35.5. The van der Waals surface area contributed by atoms with Gasteiger partial charge in [0.05, 0.1) is 6.54 Å². The summed E-state index contributed by atoms with van der Waals surface area (Å²) in [6, 6.07) is 19.5. The van der Waals surface area contributed by atoms with Crippen molar-refractivity contribution in [3.63, 3.8) is 0 Å². The van der Waals surface area contributed by atoms with E-state index in [0.29, 0.717) is 5.75 Å². The maximum absolute atomic E-state index is 12.0. The maximum atomic E-state index is 12.0. The summed E-state index contributed by atoms with van der Waals surface area (Å²) in [6.07, 6.45) is 1.85. The monoisotopic (exact) mass is 347 g/mol. The number of para-hydroxylation sites is 2. The molecule has 4 nitrogen and oxygen atoms in total. The average molecular weight is 348 g/mol. The molecule has 0 bridgehead atoms. The fourth-order valence-corrected chi connectivity index (χ4v) is 2.79. The molecule has 128 valence electrons. The SMILES string of the molecule is Cl.O=C(COc1ccccc1)OC1CCCN(c2ccccc2)C1. The fraction of sp³-hybridized carbons (Fsp3) is 0.316. The molecule has 2 aromatic carbocycles. The van der Waals surface area contributed by atoms with Gasteiger partial charge in [-0.25, -0.2) is 4.79 Å². The standard InChI is InChI=1S/C19H21NO3.ClH/c21-19(15-22-17-10-5-2-6-11-17)23-18-12-7-13-20(14-18)16-8-3-1-4-9-16;/h1-6,8-11,18H,7,12-15H2;1H. The van der Waals surface area contributed by atoms with Crippen molar-refractivity contribution in [1.82, 2.24) is 0 Å². The first-order chi connectivity index (χ1) is 11.3. The van der Waals surface area contributed by atoms with Gasteiger partial charge in [0.1, 0.15) is 11.9 Å². The molecular formula is C19H22ClNO3. The Morgan fingerprint density at radius 3 is 2.42 bits per heavy atom. The number of hydrogen-bond acceptors (Lipinski definition) is 4. The lowest BCUT2D eigenvalue weighted by atomic mass is 10.1. The second kappa shape index (κ2) is 9.18. The van der Waals surface area contributed by atoms with Crippen molar-refractivity contribution >= 4 is 24.1 Å². The van der Waals surface area contributed by atoms with Crippen molar-refractivity contribution in [3.05, 3.63) is 60.7 Å². The number of benzene rings is 2. The van der Waals surface area contributed by atoms with E-state index >= 15 is 0 Å². The van der Waals surface area contributed by atoms with Crippen LogP contribution in [0.25, 0.3) is 0 Å². The molecule has 1 saturated heterocycles. The molecule has 0 saturated carbocycles. The van der Waals surface area contributed by atoms with E-state index < -0.39 is 0 Å². The van der Waals surface area contributed by atoms with E-state index in [9.17, 15) is 4.79 Å². The summed E-state index contributed by atoms with van der Waals surface area (Å²) in [4.78, 5) is 14.2. The largest absolute Gasteiger partial charge is 0.482 e. The Labute approximate surface area is 148 Å². The molecule has 5 heteroatoms. The highest BCUT2D eigenvalue weighted by Gasteiger charge is 2.23. The third-order valence-electron chi connectivity index (χ3n) is 3.90. The highest BCUT2D eigenvalue weighted by molar-refractivity contribution is 5.85. The van der Waals surface area contributed by atoms with E-state index in [1.807, 2.05) is 48.5 Å². The lowest BCUT2D eigenvalue weighted by molar-refractivity contribution is -0.151. The van der Waals surface area contributed by atoms with Gasteiger partial charge in [-0.2, -0.15) is 0 Å². The van der Waals surface area contributed by atoms with Gasteiger partial charge in [0.15, 0.2) is 6.61 Å². The Bertz CT molecular complexity index is 621. The van der Waals surface area contributed by atoms with E-state index in [1.165, 1.54) is 5.69 Å². The number of esters is 1. The van der Waals surface area contributed by atoms with Crippen LogP contribution in [0.2, 0.25) is 0 Å². The van der Waals surface area contributed by atoms with Crippen molar-refractivity contribution in [3.8, 4) is 5.75 Å². The molecule has 1 unspecified atom stereocenters. The van der Waals surface area contributed by atoms with Gasteiger partial charge in [-0.3, -0.25) is 0 Å². The molecule has 0 N–H and O–H groups in total. The van der Waals surface area contributed by atoms with Crippen LogP contribution in [0.15, 0.2) is 60.7 Å². The smallest absolute Gasteiger partial charge is 0.344 e. The normalized spacial score (nSPS) is 16.8. The molecule has 0 radical (unpaired) electrons. The molecule has 1 aliphatic rings. The molecule has 0 aliphatic carbocycles. The highest BCUT2D eigenvalue weighted by Crippen LogP contribution is 2.21. The quantitative estimate of drug-likeness (QED) is 0.773. The molecule has 0 spiro atoms. The molecule has 1 atom stereocenters. The van der Waals surface area contributed by atoms with Crippen molar-refractivity contribution in [2.24, 2.45) is 0 Å². The lowest BCUT2D eigenvalue weighted by Gasteiger charge is -2.34. The number of ether oxygens (including phenoxy) is 2. The summed E-state index contributed by atoms with van der Waals surface area (Å²) in [6.45, 7) is 1.69. The number of hydrogen-bond donors (Lipinski definition) is 0. The Kier molecular flexibility index (Phi) is 6.94. The minimum atomic E-state index is -0.311. The molecule has 0 amide bonds. The Balaban J connectivity index is 0.00000208. The summed E-state index contributed by atoms with van der Waals surface area (Å²) in [7, 11) is 0. The zero-order chi connectivity index (χ0) is 15.9. The van der Waals surface area contributed by atoms with Crippen LogP contribution < -0.4 is 9.64 Å². The van der Waals surface area contributed by atoms with Gasteiger partial charge in [0, 0.05) is 12.2 Å². The average Bonchev–Trinajstić information content (AvgIpc) is 2.62. The zero-order valence-corrected chi connectivity index (χ0v) is 14.3. The minimum Gasteiger partial charge on any atom is -0.482 e. The maximum Gasteiger partial charge on any atom is 0.344 e. The predicted molar refractivity (Wildman–Crippen MR) is 97.0 cm³/mol. The van der Waals surface area contributed by atoms with Gasteiger partial charge >= 0.3 is 5.97 Å². The first kappa shape index (κ1) is 18.1. The van der Waals surface area contributed by atoms with Crippen LogP contribution in [0.3, 0.4) is 0 Å². The lowest BCUT2D eigenvalue weighted by Crippen LogP contribution is -2.41. The molecule has 1 heterocycles. The third kappa shape index (κ3) is 5.17. The van der Waals surface area contributed by atoms with Crippen LogP contribution in [0, 0.1) is 0 Å². The van der Waals surface area contributed by atoms with E-state index in [1.54, 1.807) is 0 Å². The Hall–Kier alpha value is -2.20. The first-order valence-electron chi connectivity index (χ1n) is 7.98. The van der Waals surface area contributed by atoms with Gasteiger partial charge in [-0.05, 0) is 37.1 Å². The molecule has 2 aromatic rings. The van der Waals surface area contributed by atoms with E-state index in [4.69, 9.17) is 9.47 Å². The van der Waals surface area contributed by atoms with Gasteiger partial charge in [-0.15, -0.1) is 12.4 Å². The summed E-state index contributed by atoms with van der Waals surface area (Å²) in [5.41, 5.74) is 1.17. The summed E-state index contributed by atoms with van der Waals surface area (Å²) in [5.74, 6) is 0.368. The van der Waals surface area contributed by atoms with Crippen molar-refractivity contribution in [2.75, 3.05) is 24.6 Å². The molecule has 1 aliphatic heterocycles. The first-order valence-corrected chi connectivity index (χ1v) is 7.98. The molecule has 24 heavy (non-hydrogen) atoms. The summed E-state index contributed by atoms with van der Waals surface area (Å²) < 4.78 is 11.0. The van der Waals surface area contributed by atoms with Crippen LogP contribution in [-0.2, 0) is 9.53 Å². The molecule has 1 fully saturated rings. The van der Waals surface area contributed by atoms with E-state index in [0.717, 1.165) is 25.9 Å². The van der Waals surface area contributed by atoms with Gasteiger partial charge in [0.25, 0.3) is 0 Å². The van der Waals surface area contributed by atoms with Gasteiger partial charge in [-0.1, -0.05) is 36.4 Å². The zero-order valence-electron chi connectivity index (χ0n) is 13.5. The van der Waals surface area contributed by atoms with Crippen molar-refractivity contribution in [1.29, 1.82) is 0 Å². The van der Waals surface area contributed by atoms with Crippen molar-refractivity contribution < 1.29 is 14.3 Å². The third-order valence-corrected chi connectivity index (χ3v) is 3.90. The molecular weight excluding hydrogens is 326 g/mol. The Morgan fingerprint density at radius 1 is 1.04 bits per heavy atom. The fourth-order valence-electron chi connectivity index (χ4n) is 2.79. The Morgan fingerprint density at radius 2 is 1.71 bits per heavy atom. The number of anilines is 1. The predicted octanol–water partition coefficient (Wildman–Crippen LogP) is 3.70. The van der Waals surface area contributed by atoms with Crippen LogP contribution in [-0.4, -0.2) is 31.8 Å². The number of halogens is 1. The van der Waals surface area contributed by atoms with Gasteiger partial charge < -0.3 is 14.4 Å². The minimum absolute atomic E-state index is 0. The summed E-state index contributed by atoms with van der Waals surface area (Å²) in [5, 5.41) is 0. The molecule has 3 rings (SSSR count). The van der Waals surface area contributed by atoms with Crippen LogP contribution in [0.5, 0.6) is 5.75 Å². The number of nitrogens with zero attached hydrogens (tertiary/aromatic N) is 1. The number of carbonyl (C=O) groups is 1. The topological polar surface area (TPSA) is 38.8 Å². The number of carbonyl (C=O) groups excluding carboxylic acids is 1. The van der Waals surface area contributed by atoms with Crippen LogP contribution >= 0.6 is 12.4 Å². The van der Waals surface area contributed by atoms with E-state index in [-0.39, 0.29) is 31.1 Å². The summed E-state index contributed by atoms with van der Waals surface area (Å²) >= 11 is 0. The number of rotatable bonds is 5.